The summed E-state index contributed by atoms with van der Waals surface area (Å²) in [5.41, 5.74) is 2.54. The minimum atomic E-state index is -1.48. The van der Waals surface area contributed by atoms with Crippen molar-refractivity contribution in [2.24, 2.45) is 5.92 Å². The lowest BCUT2D eigenvalue weighted by Gasteiger charge is -2.53. The fraction of sp³-hybridized carbons (Fsp3) is 0.333. The van der Waals surface area contributed by atoms with E-state index >= 15 is 0 Å². The number of rotatable bonds is 6. The molecule has 160 valence electrons. The van der Waals surface area contributed by atoms with Crippen LogP contribution in [0, 0.1) is 5.92 Å². The first-order valence-electron chi connectivity index (χ1n) is 10.4. The van der Waals surface area contributed by atoms with Crippen LogP contribution >= 0.6 is 0 Å². The van der Waals surface area contributed by atoms with Gasteiger partial charge in [-0.25, -0.2) is 0 Å². The summed E-state index contributed by atoms with van der Waals surface area (Å²) in [6, 6.07) is 17.9. The number of hydrogen-bond donors (Lipinski definition) is 2. The Morgan fingerprint density at radius 1 is 1.00 bits per heavy atom. The van der Waals surface area contributed by atoms with Crippen molar-refractivity contribution in [3.63, 3.8) is 0 Å². The Kier molecular flexibility index (Phi) is 5.59. The number of nitrogens with zero attached hydrogens (tertiary/aromatic N) is 1. The third-order valence-electron chi connectivity index (χ3n) is 6.27. The molecule has 1 aliphatic heterocycles. The summed E-state index contributed by atoms with van der Waals surface area (Å²) in [4.78, 5) is 50.7. The van der Waals surface area contributed by atoms with Crippen LogP contribution in [0.15, 0.2) is 54.6 Å². The second-order valence-corrected chi connectivity index (χ2v) is 8.25. The standard InChI is InChI=1S/C24H24N2O5/c27-19-13-24(11-4-12-24)26(23(31)21(19)22(30)25-14-20(28)29)15-16-7-9-18(10-8-16)17-5-2-1-3-6-17/h1-3,5-10,21H,4,11-15H2,(H,25,30)(H,28,29). The molecule has 2 aliphatic rings. The number of likely N-dealkylation sites (tertiary alicyclic amines) is 1. The Labute approximate surface area is 180 Å². The molecule has 1 unspecified atom stereocenters. The van der Waals surface area contributed by atoms with Crippen molar-refractivity contribution in [3.05, 3.63) is 60.2 Å². The van der Waals surface area contributed by atoms with E-state index in [1.807, 2.05) is 54.6 Å². The summed E-state index contributed by atoms with van der Waals surface area (Å²) < 4.78 is 0. The third-order valence-corrected chi connectivity index (χ3v) is 6.27. The number of amides is 2. The minimum absolute atomic E-state index is 0.131. The number of ketones is 1. The lowest BCUT2D eigenvalue weighted by molar-refractivity contribution is -0.164. The fourth-order valence-electron chi connectivity index (χ4n) is 4.47. The summed E-state index contributed by atoms with van der Waals surface area (Å²) in [6.45, 7) is -0.314. The first-order valence-corrected chi connectivity index (χ1v) is 10.4. The number of nitrogens with one attached hydrogen (secondary N) is 1. The molecule has 1 spiro atoms. The Balaban J connectivity index is 1.55. The molecule has 4 rings (SSSR count). The van der Waals surface area contributed by atoms with Crippen molar-refractivity contribution >= 4 is 23.6 Å². The van der Waals surface area contributed by atoms with E-state index in [-0.39, 0.29) is 6.42 Å². The van der Waals surface area contributed by atoms with Gasteiger partial charge in [0.2, 0.25) is 11.8 Å². The molecule has 1 saturated heterocycles. The van der Waals surface area contributed by atoms with Crippen molar-refractivity contribution in [2.45, 2.75) is 37.8 Å². The van der Waals surface area contributed by atoms with Gasteiger partial charge >= 0.3 is 5.97 Å². The molecular weight excluding hydrogens is 396 g/mol. The normalized spacial score (nSPS) is 19.7. The number of carboxylic acids is 1. The SMILES string of the molecule is O=C(O)CNC(=O)C1C(=O)CC2(CCC2)N(Cc2ccc(-c3ccccc3)cc2)C1=O. The van der Waals surface area contributed by atoms with Crippen molar-refractivity contribution < 1.29 is 24.3 Å². The van der Waals surface area contributed by atoms with E-state index in [4.69, 9.17) is 5.11 Å². The molecule has 0 radical (unpaired) electrons. The predicted octanol–water partition coefficient (Wildman–Crippen LogP) is 2.39. The third kappa shape index (κ3) is 4.08. The Morgan fingerprint density at radius 3 is 2.23 bits per heavy atom. The van der Waals surface area contributed by atoms with E-state index in [0.717, 1.165) is 36.0 Å². The maximum atomic E-state index is 13.2. The molecule has 7 heteroatoms. The average molecular weight is 420 g/mol. The number of hydrogen-bond acceptors (Lipinski definition) is 4. The second kappa shape index (κ2) is 8.34. The minimum Gasteiger partial charge on any atom is -0.480 e. The van der Waals surface area contributed by atoms with Gasteiger partial charge in [-0.3, -0.25) is 19.2 Å². The molecule has 1 atom stereocenters. The summed E-state index contributed by atoms with van der Waals surface area (Å²) in [5, 5.41) is 11.0. The monoisotopic (exact) mass is 420 g/mol. The van der Waals surface area contributed by atoms with Crippen LogP contribution in [-0.2, 0) is 25.7 Å². The van der Waals surface area contributed by atoms with E-state index in [2.05, 4.69) is 5.32 Å². The molecule has 2 N–H and O–H groups in total. The van der Waals surface area contributed by atoms with Gasteiger partial charge in [0.25, 0.3) is 0 Å². The second-order valence-electron chi connectivity index (χ2n) is 8.25. The lowest BCUT2D eigenvalue weighted by Crippen LogP contribution is -2.65. The smallest absolute Gasteiger partial charge is 0.322 e. The summed E-state index contributed by atoms with van der Waals surface area (Å²) in [5.74, 6) is -4.51. The molecule has 7 nitrogen and oxygen atoms in total. The molecule has 2 aromatic rings. The number of piperidine rings is 1. The van der Waals surface area contributed by atoms with E-state index in [9.17, 15) is 19.2 Å². The van der Waals surface area contributed by atoms with Gasteiger partial charge in [0, 0.05) is 13.0 Å². The van der Waals surface area contributed by atoms with Crippen LogP contribution in [0.25, 0.3) is 11.1 Å². The van der Waals surface area contributed by atoms with Gasteiger partial charge in [-0.15, -0.1) is 0 Å². The summed E-state index contributed by atoms with van der Waals surface area (Å²) >= 11 is 0. The predicted molar refractivity (Wildman–Crippen MR) is 113 cm³/mol. The van der Waals surface area contributed by atoms with Crippen molar-refractivity contribution in [2.75, 3.05) is 6.54 Å². The first-order chi connectivity index (χ1) is 14.9. The molecule has 31 heavy (non-hydrogen) atoms. The maximum absolute atomic E-state index is 13.2. The zero-order valence-electron chi connectivity index (χ0n) is 17.0. The molecule has 2 amide bonds. The number of aliphatic carboxylic acids is 1. The van der Waals surface area contributed by atoms with Gasteiger partial charge in [0.15, 0.2) is 11.7 Å². The highest BCUT2D eigenvalue weighted by Crippen LogP contribution is 2.45. The molecule has 1 heterocycles. The fourth-order valence-corrected chi connectivity index (χ4v) is 4.47. The highest BCUT2D eigenvalue weighted by Gasteiger charge is 2.55. The molecule has 0 bridgehead atoms. The number of benzene rings is 2. The summed E-state index contributed by atoms with van der Waals surface area (Å²) in [6.07, 6.45) is 2.53. The van der Waals surface area contributed by atoms with Crippen molar-refractivity contribution in [1.82, 2.24) is 10.2 Å². The Hall–Kier alpha value is -3.48. The maximum Gasteiger partial charge on any atom is 0.322 e. The molecule has 1 aliphatic carbocycles. The van der Waals surface area contributed by atoms with Crippen LogP contribution < -0.4 is 5.32 Å². The van der Waals surface area contributed by atoms with Crippen LogP contribution in [0.4, 0.5) is 0 Å². The summed E-state index contributed by atoms with van der Waals surface area (Å²) in [7, 11) is 0. The van der Waals surface area contributed by atoms with Gasteiger partial charge in [0.1, 0.15) is 6.54 Å². The van der Waals surface area contributed by atoms with E-state index in [0.29, 0.717) is 6.54 Å². The number of carbonyl (C=O) groups excluding carboxylic acids is 3. The molecular formula is C24H24N2O5. The van der Waals surface area contributed by atoms with E-state index in [1.54, 1.807) is 4.90 Å². The van der Waals surface area contributed by atoms with Crippen molar-refractivity contribution in [3.8, 4) is 11.1 Å². The number of carbonyl (C=O) groups is 4. The van der Waals surface area contributed by atoms with Gasteiger partial charge in [-0.1, -0.05) is 54.6 Å². The topological polar surface area (TPSA) is 104 Å². The number of Topliss-reactive ketones (excluding diaryl/α,β-unsaturated/α-hetero) is 1. The van der Waals surface area contributed by atoms with Crippen LogP contribution in [-0.4, -0.2) is 45.7 Å². The van der Waals surface area contributed by atoms with E-state index in [1.165, 1.54) is 0 Å². The van der Waals surface area contributed by atoms with Gasteiger partial charge in [-0.2, -0.15) is 0 Å². The molecule has 0 aromatic heterocycles. The highest BCUT2D eigenvalue weighted by molar-refractivity contribution is 6.20. The Bertz CT molecular complexity index is 1010. The number of carboxylic acid groups (broad SMARTS) is 1. The average Bonchev–Trinajstić information content (AvgIpc) is 2.74. The zero-order valence-corrected chi connectivity index (χ0v) is 17.0. The van der Waals surface area contributed by atoms with Crippen LogP contribution in [0.5, 0.6) is 0 Å². The van der Waals surface area contributed by atoms with Crippen LogP contribution in [0.1, 0.15) is 31.2 Å². The van der Waals surface area contributed by atoms with Crippen LogP contribution in [0.2, 0.25) is 0 Å². The molecule has 1 saturated carbocycles. The zero-order chi connectivity index (χ0) is 22.0. The van der Waals surface area contributed by atoms with E-state index < -0.39 is 41.6 Å². The van der Waals surface area contributed by atoms with Crippen LogP contribution in [0.3, 0.4) is 0 Å². The lowest BCUT2D eigenvalue weighted by atomic mass is 9.67. The van der Waals surface area contributed by atoms with Gasteiger partial charge in [-0.05, 0) is 36.0 Å². The van der Waals surface area contributed by atoms with Gasteiger partial charge in [0.05, 0.1) is 5.54 Å². The first kappa shape index (κ1) is 20.8. The Morgan fingerprint density at radius 2 is 1.65 bits per heavy atom. The molecule has 2 fully saturated rings. The van der Waals surface area contributed by atoms with Crippen molar-refractivity contribution in [1.29, 1.82) is 0 Å². The van der Waals surface area contributed by atoms with Gasteiger partial charge < -0.3 is 15.3 Å². The molecule has 2 aromatic carbocycles. The quantitative estimate of drug-likeness (QED) is 0.699. The highest BCUT2D eigenvalue weighted by atomic mass is 16.4. The largest absolute Gasteiger partial charge is 0.480 e.